The Hall–Kier alpha value is -2.16. The summed E-state index contributed by atoms with van der Waals surface area (Å²) in [6.07, 6.45) is 7.90. The molecular formula is C30H50N4O4. The Kier molecular flexibility index (Phi) is 11.9. The van der Waals surface area contributed by atoms with Crippen LogP contribution in [0.25, 0.3) is 0 Å². The van der Waals surface area contributed by atoms with Gasteiger partial charge in [0.15, 0.2) is 0 Å². The Morgan fingerprint density at radius 3 is 2.61 bits per heavy atom. The fourth-order valence-corrected chi connectivity index (χ4v) is 5.70. The van der Waals surface area contributed by atoms with E-state index >= 15 is 0 Å². The summed E-state index contributed by atoms with van der Waals surface area (Å²) in [4.78, 5) is 32.2. The van der Waals surface area contributed by atoms with Crippen LogP contribution < -0.4 is 10.1 Å². The molecule has 8 heteroatoms. The highest BCUT2D eigenvalue weighted by Crippen LogP contribution is 2.30. The second kappa shape index (κ2) is 14.8. The van der Waals surface area contributed by atoms with Crippen LogP contribution in [0.5, 0.6) is 5.75 Å². The van der Waals surface area contributed by atoms with E-state index in [-0.39, 0.29) is 42.9 Å². The van der Waals surface area contributed by atoms with Crippen molar-refractivity contribution >= 4 is 17.5 Å². The molecule has 0 radical (unpaired) electrons. The van der Waals surface area contributed by atoms with Gasteiger partial charge in [-0.3, -0.25) is 9.59 Å². The van der Waals surface area contributed by atoms with Crippen molar-refractivity contribution in [3.05, 3.63) is 23.8 Å². The van der Waals surface area contributed by atoms with E-state index in [1.54, 1.807) is 4.90 Å². The van der Waals surface area contributed by atoms with Crippen LogP contribution in [0.15, 0.2) is 18.2 Å². The predicted molar refractivity (Wildman–Crippen MR) is 152 cm³/mol. The van der Waals surface area contributed by atoms with E-state index in [9.17, 15) is 14.7 Å². The molecule has 1 aromatic carbocycles. The number of carbonyl (C=O) groups excluding carboxylic acids is 2. The molecule has 1 aliphatic heterocycles. The maximum absolute atomic E-state index is 13.4. The van der Waals surface area contributed by atoms with Crippen molar-refractivity contribution in [3.8, 4) is 5.75 Å². The number of aliphatic hydroxyl groups is 1. The van der Waals surface area contributed by atoms with Gasteiger partial charge in [0.2, 0.25) is 11.8 Å². The molecule has 2 aliphatic rings. The van der Waals surface area contributed by atoms with Gasteiger partial charge in [0.25, 0.3) is 0 Å². The van der Waals surface area contributed by atoms with Gasteiger partial charge in [-0.05, 0) is 78.0 Å². The highest BCUT2D eigenvalue weighted by molar-refractivity contribution is 5.91. The Bertz CT molecular complexity index is 902. The summed E-state index contributed by atoms with van der Waals surface area (Å²) in [5.74, 6) is 1.46. The van der Waals surface area contributed by atoms with Crippen LogP contribution >= 0.6 is 0 Å². The Labute approximate surface area is 229 Å². The van der Waals surface area contributed by atoms with Crippen molar-refractivity contribution in [1.29, 1.82) is 0 Å². The molecule has 3 rings (SSSR count). The smallest absolute Gasteiger partial charge is 0.227 e. The quantitative estimate of drug-likeness (QED) is 0.455. The molecule has 1 aromatic rings. The number of anilines is 1. The Morgan fingerprint density at radius 1 is 1.18 bits per heavy atom. The average Bonchev–Trinajstić information content (AvgIpc) is 2.91. The number of hydrogen-bond donors (Lipinski definition) is 2. The fraction of sp³-hybridized carbons (Fsp3) is 0.733. The van der Waals surface area contributed by atoms with E-state index in [0.717, 1.165) is 37.5 Å². The molecule has 0 unspecified atom stereocenters. The number of rotatable bonds is 11. The molecule has 0 aromatic heterocycles. The Balaban J connectivity index is 1.78. The van der Waals surface area contributed by atoms with Gasteiger partial charge in [-0.2, -0.15) is 0 Å². The minimum Gasteiger partial charge on any atom is -0.488 e. The van der Waals surface area contributed by atoms with Gasteiger partial charge in [0, 0.05) is 43.2 Å². The molecule has 2 N–H and O–H groups in total. The third-order valence-corrected chi connectivity index (χ3v) is 8.00. The van der Waals surface area contributed by atoms with Gasteiger partial charge >= 0.3 is 0 Å². The van der Waals surface area contributed by atoms with Crippen molar-refractivity contribution in [2.45, 2.75) is 77.4 Å². The molecule has 2 amide bonds. The van der Waals surface area contributed by atoms with Crippen LogP contribution in [-0.4, -0.2) is 97.7 Å². The summed E-state index contributed by atoms with van der Waals surface area (Å²) in [6.45, 7) is 7.17. The lowest BCUT2D eigenvalue weighted by Crippen LogP contribution is -2.48. The van der Waals surface area contributed by atoms with Crippen LogP contribution in [0.3, 0.4) is 0 Å². The third-order valence-electron chi connectivity index (χ3n) is 8.00. The topological polar surface area (TPSA) is 85.3 Å². The number of nitrogens with zero attached hydrogens (tertiary/aromatic N) is 3. The highest BCUT2D eigenvalue weighted by atomic mass is 16.5. The molecule has 0 saturated heterocycles. The molecule has 1 fully saturated rings. The largest absolute Gasteiger partial charge is 0.488 e. The SMILES string of the molecule is C[C@H]1CN([C@@H](C)CO)C(=O)Cc2cc(NC(=O)CCCN(C)C)ccc2O[C@H]1CN(C)CC1CCCCC1. The van der Waals surface area contributed by atoms with Crippen molar-refractivity contribution in [2.75, 3.05) is 59.2 Å². The van der Waals surface area contributed by atoms with Crippen molar-refractivity contribution < 1.29 is 19.4 Å². The molecular weight excluding hydrogens is 480 g/mol. The summed E-state index contributed by atoms with van der Waals surface area (Å²) in [5, 5.41) is 12.9. The molecule has 214 valence electrons. The van der Waals surface area contributed by atoms with Crippen LogP contribution in [0.4, 0.5) is 5.69 Å². The van der Waals surface area contributed by atoms with Gasteiger partial charge in [0.05, 0.1) is 19.1 Å². The summed E-state index contributed by atoms with van der Waals surface area (Å²) < 4.78 is 6.65. The zero-order chi connectivity index (χ0) is 27.7. The van der Waals surface area contributed by atoms with E-state index in [0.29, 0.717) is 24.4 Å². The lowest BCUT2D eigenvalue weighted by Gasteiger charge is -2.35. The zero-order valence-corrected chi connectivity index (χ0v) is 24.2. The predicted octanol–water partition coefficient (Wildman–Crippen LogP) is 3.63. The van der Waals surface area contributed by atoms with Gasteiger partial charge in [0.1, 0.15) is 11.9 Å². The monoisotopic (exact) mass is 530 g/mol. The van der Waals surface area contributed by atoms with Crippen molar-refractivity contribution in [3.63, 3.8) is 0 Å². The lowest BCUT2D eigenvalue weighted by atomic mass is 9.89. The van der Waals surface area contributed by atoms with Gasteiger partial charge in [-0.15, -0.1) is 0 Å². The molecule has 1 saturated carbocycles. The molecule has 1 aliphatic carbocycles. The van der Waals surface area contributed by atoms with E-state index in [2.05, 4.69) is 29.1 Å². The number of likely N-dealkylation sites (N-methyl/N-ethyl adjacent to an activating group) is 1. The van der Waals surface area contributed by atoms with E-state index < -0.39 is 0 Å². The molecule has 1 heterocycles. The molecule has 0 bridgehead atoms. The third kappa shape index (κ3) is 9.24. The molecule has 3 atom stereocenters. The van der Waals surface area contributed by atoms with Crippen LogP contribution in [-0.2, 0) is 16.0 Å². The second-order valence-corrected chi connectivity index (χ2v) is 11.9. The summed E-state index contributed by atoms with van der Waals surface area (Å²) in [7, 11) is 6.16. The van der Waals surface area contributed by atoms with Gasteiger partial charge in [-0.25, -0.2) is 0 Å². The number of amides is 2. The highest BCUT2D eigenvalue weighted by Gasteiger charge is 2.31. The van der Waals surface area contributed by atoms with Crippen LogP contribution in [0.2, 0.25) is 0 Å². The fourth-order valence-electron chi connectivity index (χ4n) is 5.70. The van der Waals surface area contributed by atoms with Crippen LogP contribution in [0, 0.1) is 11.8 Å². The average molecular weight is 531 g/mol. The molecule has 0 spiro atoms. The van der Waals surface area contributed by atoms with Crippen molar-refractivity contribution in [1.82, 2.24) is 14.7 Å². The maximum atomic E-state index is 13.4. The van der Waals surface area contributed by atoms with E-state index in [1.807, 2.05) is 39.2 Å². The minimum absolute atomic E-state index is 0.0334. The van der Waals surface area contributed by atoms with Crippen LogP contribution in [0.1, 0.15) is 64.4 Å². The first-order valence-corrected chi connectivity index (χ1v) is 14.5. The van der Waals surface area contributed by atoms with E-state index in [4.69, 9.17) is 4.74 Å². The lowest BCUT2D eigenvalue weighted by molar-refractivity contribution is -0.134. The molecule has 8 nitrogen and oxygen atoms in total. The summed E-state index contributed by atoms with van der Waals surface area (Å²) in [5.41, 5.74) is 1.44. The minimum atomic E-state index is -0.272. The Morgan fingerprint density at radius 2 is 1.92 bits per heavy atom. The number of hydrogen-bond acceptors (Lipinski definition) is 6. The van der Waals surface area contributed by atoms with Gasteiger partial charge < -0.3 is 29.9 Å². The first kappa shape index (κ1) is 30.4. The number of fused-ring (bicyclic) bond motifs is 1. The van der Waals surface area contributed by atoms with Gasteiger partial charge in [-0.1, -0.05) is 26.2 Å². The first-order valence-electron chi connectivity index (χ1n) is 14.5. The second-order valence-electron chi connectivity index (χ2n) is 11.9. The summed E-state index contributed by atoms with van der Waals surface area (Å²) >= 11 is 0. The number of aliphatic hydroxyl groups excluding tert-OH is 1. The molecule has 38 heavy (non-hydrogen) atoms. The standard InChI is InChI=1S/C30H50N4O4/c1-22-18-34(23(2)21-35)30(37)17-25-16-26(31-29(36)12-9-15-32(3)4)13-14-27(25)38-28(22)20-33(5)19-24-10-7-6-8-11-24/h13-14,16,22-24,28,35H,6-12,15,17-21H2,1-5H3,(H,31,36)/t22-,23-,28-/m0/s1. The number of nitrogens with one attached hydrogen (secondary N) is 1. The van der Waals surface area contributed by atoms with Crippen molar-refractivity contribution in [2.24, 2.45) is 11.8 Å². The number of ether oxygens (including phenoxy) is 1. The number of benzene rings is 1. The summed E-state index contributed by atoms with van der Waals surface area (Å²) in [6, 6.07) is 5.36. The first-order chi connectivity index (χ1) is 18.2. The normalized spacial score (nSPS) is 21.9. The van der Waals surface area contributed by atoms with E-state index in [1.165, 1.54) is 32.1 Å². The maximum Gasteiger partial charge on any atom is 0.227 e. The number of carbonyl (C=O) groups is 2. The zero-order valence-electron chi connectivity index (χ0n) is 24.2.